The van der Waals surface area contributed by atoms with Gasteiger partial charge in [-0.25, -0.2) is 28.5 Å². The Morgan fingerprint density at radius 2 is 0.758 bits per heavy atom. The molecule has 0 radical (unpaired) electrons. The predicted octanol–water partition coefficient (Wildman–Crippen LogP) is 8.58. The number of anilines is 3. The molecule has 24 nitrogen and oxygen atoms in total. The maximum Gasteiger partial charge on any atom is 0.458 e. The van der Waals surface area contributed by atoms with E-state index in [0.717, 1.165) is 62.0 Å². The highest BCUT2D eigenvalue weighted by atomic mass is 19.4. The minimum absolute atomic E-state index is 0.120. The number of hydrogen-bond donors (Lipinski definition) is 0. The highest BCUT2D eigenvalue weighted by Crippen LogP contribution is 2.35. The average Bonchev–Trinajstić information content (AvgIpc) is 1.72. The van der Waals surface area contributed by atoms with E-state index >= 15 is 0 Å². The summed E-state index contributed by atoms with van der Waals surface area (Å²) in [5.41, 5.74) is 8.27. The number of fused-ring (bicyclic) bond motifs is 3. The number of ether oxygens (including phenoxy) is 3. The molecule has 99 heavy (non-hydrogen) atoms. The molecular formula is C72H69F3N18O6. The van der Waals surface area contributed by atoms with Crippen molar-refractivity contribution in [2.75, 3.05) is 113 Å². The quantitative estimate of drug-likeness (QED) is 0.104. The summed E-state index contributed by atoms with van der Waals surface area (Å²) < 4.78 is 58.5. The number of pyridine rings is 6. The van der Waals surface area contributed by atoms with Crippen LogP contribution in [0.2, 0.25) is 0 Å². The van der Waals surface area contributed by atoms with E-state index in [1.165, 1.54) is 11.1 Å². The minimum atomic E-state index is -4.69. The van der Waals surface area contributed by atoms with Gasteiger partial charge < -0.3 is 43.6 Å². The number of nitriles is 3. The molecule has 3 aliphatic heterocycles. The van der Waals surface area contributed by atoms with Gasteiger partial charge in [0.25, 0.3) is 17.7 Å². The van der Waals surface area contributed by atoms with Crippen molar-refractivity contribution in [3.05, 3.63) is 127 Å². The maximum atomic E-state index is 12.4. The number of hydrogen-bond acceptors (Lipinski definition) is 18. The zero-order valence-corrected chi connectivity index (χ0v) is 55.6. The van der Waals surface area contributed by atoms with Crippen molar-refractivity contribution >= 4 is 51.7 Å². The molecule has 0 aliphatic carbocycles. The Balaban J connectivity index is 0.000000161. The first-order chi connectivity index (χ1) is 47.7. The summed E-state index contributed by atoms with van der Waals surface area (Å²) in [6.45, 7) is 21.5. The summed E-state index contributed by atoms with van der Waals surface area (Å²) in [6, 6.07) is 23.8. The number of amides is 3. The number of rotatable bonds is 12. The van der Waals surface area contributed by atoms with Crippen LogP contribution in [0.3, 0.4) is 0 Å². The van der Waals surface area contributed by atoms with Crippen molar-refractivity contribution < 1.29 is 41.8 Å². The fraction of sp³-hybridized carbons (Fsp3) is 0.333. The number of nitrogens with zero attached hydrogens (tertiary/aromatic N) is 18. The molecule has 9 aromatic heterocycles. The van der Waals surface area contributed by atoms with E-state index in [1.807, 2.05) is 101 Å². The van der Waals surface area contributed by atoms with Crippen molar-refractivity contribution in [2.45, 2.75) is 54.6 Å². The van der Waals surface area contributed by atoms with Crippen molar-refractivity contribution in [2.24, 2.45) is 5.41 Å². The van der Waals surface area contributed by atoms with E-state index in [9.17, 15) is 43.3 Å². The summed E-state index contributed by atoms with van der Waals surface area (Å²) in [6.07, 6.45) is 10.5. The van der Waals surface area contributed by atoms with Crippen LogP contribution in [0, 0.1) is 74.9 Å². The fourth-order valence-corrected chi connectivity index (χ4v) is 11.3. The largest absolute Gasteiger partial charge is 0.492 e. The van der Waals surface area contributed by atoms with Crippen LogP contribution in [0.15, 0.2) is 110 Å². The lowest BCUT2D eigenvalue weighted by Gasteiger charge is -2.34. The van der Waals surface area contributed by atoms with E-state index < -0.39 is 12.1 Å². The average molecular weight is 1340 g/mol. The van der Waals surface area contributed by atoms with Crippen LogP contribution in [0.5, 0.6) is 17.2 Å². The van der Waals surface area contributed by atoms with E-state index in [2.05, 4.69) is 81.9 Å². The molecule has 0 spiro atoms. The molecule has 0 unspecified atom stereocenters. The molecule has 3 aliphatic rings. The maximum absolute atomic E-state index is 12.4. The van der Waals surface area contributed by atoms with Crippen LogP contribution >= 0.6 is 0 Å². The molecule has 0 saturated carbocycles. The van der Waals surface area contributed by atoms with Crippen LogP contribution in [-0.2, 0) is 14.4 Å². The molecule has 504 valence electrons. The standard InChI is InChI=1S/C26H28N6O2.C23H19F3N6O2.C23H22N6O2/c1-5-34-21-14-22(25-20(15-27)17-29-32(25)18-21)19-6-7-23(28-16-19)30-10-12-31(13-11-30)24(33)8-9-26(2,3)4;1-2-34-18-11-19(22-17(12-27)14-29-32(22)15-18)16-3-4-20(28-13-16)30-7-9-31(10-8-30)21(33)5-6-23(24,25)26;1-3-5-22(30)28-10-8-27(9-11-28)21-7-6-17(14-25-21)20-12-19(31-4-2)16-29-23(20)18(13-24)15-26-29/h6-7,14,16-18H,5,10-13H2,1-4H3;3-4,11,13-15H,2,7-10H2,1H3;6-7,12,14-16H,4,8-11H2,1-2H3. The first-order valence-corrected chi connectivity index (χ1v) is 31.9. The monoisotopic (exact) mass is 1340 g/mol. The Hall–Kier alpha value is -12.3. The number of alkyl halides is 3. The third kappa shape index (κ3) is 16.8. The number of halogens is 3. The number of piperazine rings is 3. The van der Waals surface area contributed by atoms with Crippen molar-refractivity contribution in [1.29, 1.82) is 15.8 Å². The summed E-state index contributed by atoms with van der Waals surface area (Å²) in [7, 11) is 0. The summed E-state index contributed by atoms with van der Waals surface area (Å²) in [5.74, 6) is 16.9. The van der Waals surface area contributed by atoms with Gasteiger partial charge in [0, 0.05) is 148 Å². The smallest absolute Gasteiger partial charge is 0.458 e. The molecule has 12 heterocycles. The first-order valence-electron chi connectivity index (χ1n) is 31.9. The van der Waals surface area contributed by atoms with Gasteiger partial charge in [0.05, 0.1) is 90.2 Å². The number of aromatic nitrogens is 9. The lowest BCUT2D eigenvalue weighted by molar-refractivity contribution is -0.126. The molecule has 0 aromatic carbocycles. The molecule has 3 fully saturated rings. The summed E-state index contributed by atoms with van der Waals surface area (Å²) in [5, 5.41) is 41.3. The topological polar surface area (TPSA) is 260 Å². The van der Waals surface area contributed by atoms with Gasteiger partial charge in [0.2, 0.25) is 0 Å². The Morgan fingerprint density at radius 3 is 1.01 bits per heavy atom. The third-order valence-corrected chi connectivity index (χ3v) is 16.0. The van der Waals surface area contributed by atoms with Gasteiger partial charge >= 0.3 is 6.18 Å². The van der Waals surface area contributed by atoms with Crippen molar-refractivity contribution in [3.63, 3.8) is 0 Å². The van der Waals surface area contributed by atoms with Crippen LogP contribution in [0.4, 0.5) is 30.6 Å². The van der Waals surface area contributed by atoms with E-state index in [0.29, 0.717) is 131 Å². The van der Waals surface area contributed by atoms with E-state index in [-0.39, 0.29) is 30.3 Å². The molecular weight excluding hydrogens is 1270 g/mol. The molecule has 9 aromatic rings. The zero-order valence-electron chi connectivity index (χ0n) is 55.6. The minimum Gasteiger partial charge on any atom is -0.492 e. The van der Waals surface area contributed by atoms with E-state index in [4.69, 9.17) is 14.2 Å². The Bertz CT molecular complexity index is 4560. The van der Waals surface area contributed by atoms with Gasteiger partial charge in [-0.05, 0) is 115 Å². The molecule has 12 rings (SSSR count). The number of carbonyl (C=O) groups excluding carboxylic acids is 3. The van der Waals surface area contributed by atoms with Gasteiger partial charge in [-0.2, -0.15) is 44.3 Å². The van der Waals surface area contributed by atoms with Gasteiger partial charge in [-0.3, -0.25) is 14.4 Å². The molecule has 27 heteroatoms. The van der Waals surface area contributed by atoms with Crippen LogP contribution in [0.1, 0.15) is 65.2 Å². The van der Waals surface area contributed by atoms with Gasteiger partial charge in [0.1, 0.15) is 52.9 Å². The predicted molar refractivity (Wildman–Crippen MR) is 364 cm³/mol. The Kier molecular flexibility index (Phi) is 21.8. The molecule has 3 amide bonds. The normalized spacial score (nSPS) is 13.7. The fourth-order valence-electron chi connectivity index (χ4n) is 11.3. The Morgan fingerprint density at radius 1 is 0.455 bits per heavy atom. The molecule has 3 saturated heterocycles. The first kappa shape index (κ1) is 69.5. The second-order valence-corrected chi connectivity index (χ2v) is 23.6. The summed E-state index contributed by atoms with van der Waals surface area (Å²) in [4.78, 5) is 61.2. The van der Waals surface area contributed by atoms with Gasteiger partial charge in [-0.15, -0.1) is 0 Å². The lowest BCUT2D eigenvalue weighted by atomic mass is 9.98. The van der Waals surface area contributed by atoms with Crippen LogP contribution < -0.4 is 28.9 Å². The van der Waals surface area contributed by atoms with Crippen molar-refractivity contribution in [3.8, 4) is 104 Å². The highest BCUT2D eigenvalue weighted by Gasteiger charge is 2.28. The van der Waals surface area contributed by atoms with Crippen LogP contribution in [0.25, 0.3) is 49.9 Å². The van der Waals surface area contributed by atoms with Gasteiger partial charge in [-0.1, -0.05) is 11.8 Å². The number of carbonyl (C=O) groups is 3. The van der Waals surface area contributed by atoms with Crippen molar-refractivity contribution in [1.82, 2.24) is 58.5 Å². The molecule has 0 bridgehead atoms. The Labute approximate surface area is 569 Å². The molecule has 0 atom stereocenters. The van der Waals surface area contributed by atoms with Crippen LogP contribution in [-0.4, -0.2) is 181 Å². The zero-order chi connectivity index (χ0) is 70.4. The second kappa shape index (κ2) is 31.0. The molecule has 0 N–H and O–H groups in total. The highest BCUT2D eigenvalue weighted by molar-refractivity contribution is 5.95. The SMILES string of the molecule is CC#CC(=O)N1CCN(c2ccc(-c3cc(OCC)cn4ncc(C#N)c34)cn2)CC1.CCOc1cc(-c2ccc(N3CCN(C(=O)C#CC(C)(C)C)CC3)nc2)c2c(C#N)cnn2c1.CCOc1cc(-c2ccc(N3CCN(C(=O)C#CC(F)(F)F)CC3)nc2)c2c(C#N)cnn2c1. The summed E-state index contributed by atoms with van der Waals surface area (Å²) >= 11 is 0. The second-order valence-electron chi connectivity index (χ2n) is 23.6. The van der Waals surface area contributed by atoms with E-state index in [1.54, 1.807) is 85.8 Å². The third-order valence-electron chi connectivity index (χ3n) is 16.0. The lowest BCUT2D eigenvalue weighted by Crippen LogP contribution is -2.48. The van der Waals surface area contributed by atoms with Gasteiger partial charge in [0.15, 0.2) is 0 Å².